The number of carbonyl (C=O) groups is 3. The van der Waals surface area contributed by atoms with Crippen molar-refractivity contribution in [2.45, 2.75) is 38.5 Å². The molecule has 0 atom stereocenters. The van der Waals surface area contributed by atoms with E-state index < -0.39 is 5.97 Å². The van der Waals surface area contributed by atoms with Gasteiger partial charge in [-0.05, 0) is 25.7 Å². The van der Waals surface area contributed by atoms with E-state index in [1.807, 2.05) is 4.90 Å². The van der Waals surface area contributed by atoms with Crippen molar-refractivity contribution in [2.24, 2.45) is 0 Å². The van der Waals surface area contributed by atoms with Crippen LogP contribution in [-0.2, 0) is 9.59 Å². The first kappa shape index (κ1) is 17.3. The van der Waals surface area contributed by atoms with E-state index in [2.05, 4.69) is 5.32 Å². The van der Waals surface area contributed by atoms with E-state index in [0.29, 0.717) is 25.9 Å². The number of hydrogen-bond acceptors (Lipinski definition) is 3. The molecule has 1 saturated heterocycles. The molecule has 1 heterocycles. The minimum absolute atomic E-state index is 0.0467. The van der Waals surface area contributed by atoms with Gasteiger partial charge in [0.25, 0.3) is 0 Å². The molecule has 0 aromatic carbocycles. The Morgan fingerprint density at radius 3 is 2.43 bits per heavy atom. The highest BCUT2D eigenvalue weighted by Crippen LogP contribution is 2.09. The van der Waals surface area contributed by atoms with Gasteiger partial charge in [0.05, 0.1) is 0 Å². The van der Waals surface area contributed by atoms with Gasteiger partial charge in [-0.2, -0.15) is 0 Å². The number of carboxylic acids is 1. The Bertz CT molecular complexity index is 367. The minimum atomic E-state index is -0.865. The average molecular weight is 299 g/mol. The number of nitrogens with zero attached hydrogens (tertiary/aromatic N) is 2. The van der Waals surface area contributed by atoms with Crippen LogP contribution in [0.15, 0.2) is 0 Å². The summed E-state index contributed by atoms with van der Waals surface area (Å²) in [6, 6.07) is -0.271. The van der Waals surface area contributed by atoms with Gasteiger partial charge in [-0.15, -0.1) is 0 Å². The Labute approximate surface area is 125 Å². The zero-order chi connectivity index (χ0) is 15.7. The SMILES string of the molecule is CN(CCCC(=O)O)C(=O)NCCC(=O)N1CCCCC1. The van der Waals surface area contributed by atoms with Crippen molar-refractivity contribution in [1.82, 2.24) is 15.1 Å². The quantitative estimate of drug-likeness (QED) is 0.730. The van der Waals surface area contributed by atoms with Crippen LogP contribution in [-0.4, -0.2) is 66.0 Å². The molecule has 21 heavy (non-hydrogen) atoms. The highest BCUT2D eigenvalue weighted by atomic mass is 16.4. The van der Waals surface area contributed by atoms with Crippen LogP contribution in [0.5, 0.6) is 0 Å². The summed E-state index contributed by atoms with van der Waals surface area (Å²) in [6.07, 6.45) is 4.09. The highest BCUT2D eigenvalue weighted by Gasteiger charge is 2.16. The fraction of sp³-hybridized carbons (Fsp3) is 0.786. The number of aliphatic carboxylic acids is 1. The van der Waals surface area contributed by atoms with Crippen LogP contribution in [0.1, 0.15) is 38.5 Å². The molecular formula is C14H25N3O4. The maximum Gasteiger partial charge on any atom is 0.317 e. The summed E-state index contributed by atoms with van der Waals surface area (Å²) in [5, 5.41) is 11.2. The molecule has 0 aromatic heterocycles. The van der Waals surface area contributed by atoms with E-state index in [4.69, 9.17) is 5.11 Å². The molecule has 0 aliphatic carbocycles. The van der Waals surface area contributed by atoms with Gasteiger partial charge in [0.15, 0.2) is 0 Å². The maximum atomic E-state index is 11.9. The van der Waals surface area contributed by atoms with Crippen LogP contribution in [0.4, 0.5) is 4.79 Å². The molecule has 1 fully saturated rings. The number of likely N-dealkylation sites (tertiary alicyclic amines) is 1. The van der Waals surface area contributed by atoms with Crippen molar-refractivity contribution in [3.8, 4) is 0 Å². The summed E-state index contributed by atoms with van der Waals surface area (Å²) in [5.41, 5.74) is 0. The van der Waals surface area contributed by atoms with Crippen molar-refractivity contribution in [1.29, 1.82) is 0 Å². The van der Waals surface area contributed by atoms with E-state index >= 15 is 0 Å². The summed E-state index contributed by atoms with van der Waals surface area (Å²) in [6.45, 7) is 2.35. The monoisotopic (exact) mass is 299 g/mol. The summed E-state index contributed by atoms with van der Waals surface area (Å²) < 4.78 is 0. The third kappa shape index (κ3) is 6.97. The third-order valence-corrected chi connectivity index (χ3v) is 3.55. The molecule has 1 aliphatic rings. The molecule has 7 nitrogen and oxygen atoms in total. The van der Waals surface area contributed by atoms with Crippen LogP contribution in [0.2, 0.25) is 0 Å². The molecule has 1 rings (SSSR count). The predicted molar refractivity (Wildman–Crippen MR) is 77.9 cm³/mol. The lowest BCUT2D eigenvalue weighted by molar-refractivity contribution is -0.137. The standard InChI is InChI=1S/C14H25N3O4/c1-16(9-5-6-13(19)20)14(21)15-8-7-12(18)17-10-3-2-4-11-17/h2-11H2,1H3,(H,15,21)(H,19,20). The van der Waals surface area contributed by atoms with Crippen LogP contribution in [0.3, 0.4) is 0 Å². The van der Waals surface area contributed by atoms with E-state index in [1.165, 1.54) is 11.3 Å². The topological polar surface area (TPSA) is 90.0 Å². The molecule has 0 radical (unpaired) electrons. The number of piperidine rings is 1. The van der Waals surface area contributed by atoms with Gasteiger partial charge < -0.3 is 20.2 Å². The van der Waals surface area contributed by atoms with Crippen molar-refractivity contribution in [2.75, 3.05) is 33.2 Å². The zero-order valence-corrected chi connectivity index (χ0v) is 12.6. The molecule has 3 amide bonds. The van der Waals surface area contributed by atoms with Crippen LogP contribution in [0.25, 0.3) is 0 Å². The smallest absolute Gasteiger partial charge is 0.317 e. The number of hydrogen-bond donors (Lipinski definition) is 2. The van der Waals surface area contributed by atoms with Crippen molar-refractivity contribution in [3.05, 3.63) is 0 Å². The van der Waals surface area contributed by atoms with Crippen LogP contribution < -0.4 is 5.32 Å². The first-order chi connectivity index (χ1) is 10.0. The lowest BCUT2D eigenvalue weighted by Crippen LogP contribution is -2.41. The van der Waals surface area contributed by atoms with Crippen molar-refractivity contribution < 1.29 is 19.5 Å². The normalized spacial score (nSPS) is 14.6. The first-order valence-electron chi connectivity index (χ1n) is 7.49. The summed E-state index contributed by atoms with van der Waals surface area (Å²) in [5.74, 6) is -0.778. The maximum absolute atomic E-state index is 11.9. The second-order valence-corrected chi connectivity index (χ2v) is 5.34. The van der Waals surface area contributed by atoms with Crippen molar-refractivity contribution >= 4 is 17.9 Å². The Kier molecular flexibility index (Phi) is 7.56. The molecule has 1 aliphatic heterocycles. The van der Waals surface area contributed by atoms with Crippen LogP contribution in [0, 0.1) is 0 Å². The number of rotatable bonds is 7. The van der Waals surface area contributed by atoms with Crippen molar-refractivity contribution in [3.63, 3.8) is 0 Å². The van der Waals surface area contributed by atoms with Gasteiger partial charge in [0.2, 0.25) is 5.91 Å². The number of nitrogens with one attached hydrogen (secondary N) is 1. The molecule has 0 bridgehead atoms. The molecule has 120 valence electrons. The van der Waals surface area contributed by atoms with Gasteiger partial charge in [-0.3, -0.25) is 9.59 Å². The Morgan fingerprint density at radius 1 is 1.14 bits per heavy atom. The number of amides is 3. The molecule has 0 saturated carbocycles. The lowest BCUT2D eigenvalue weighted by atomic mass is 10.1. The van der Waals surface area contributed by atoms with Gasteiger partial charge in [0, 0.05) is 46.1 Å². The molecule has 0 spiro atoms. The molecule has 7 heteroatoms. The summed E-state index contributed by atoms with van der Waals surface area (Å²) in [7, 11) is 1.61. The number of carboxylic acid groups (broad SMARTS) is 1. The molecule has 2 N–H and O–H groups in total. The van der Waals surface area contributed by atoms with Gasteiger partial charge >= 0.3 is 12.0 Å². The second kappa shape index (κ2) is 9.20. The fourth-order valence-corrected chi connectivity index (χ4v) is 2.28. The molecular weight excluding hydrogens is 274 g/mol. The Morgan fingerprint density at radius 2 is 1.81 bits per heavy atom. The third-order valence-electron chi connectivity index (χ3n) is 3.55. The number of carbonyl (C=O) groups excluding carboxylic acids is 2. The fourth-order valence-electron chi connectivity index (χ4n) is 2.28. The van der Waals surface area contributed by atoms with E-state index in [9.17, 15) is 14.4 Å². The Balaban J connectivity index is 2.14. The van der Waals surface area contributed by atoms with E-state index in [-0.39, 0.29) is 18.4 Å². The number of urea groups is 1. The van der Waals surface area contributed by atoms with Crippen LogP contribution >= 0.6 is 0 Å². The zero-order valence-electron chi connectivity index (χ0n) is 12.6. The predicted octanol–water partition coefficient (Wildman–Crippen LogP) is 0.895. The minimum Gasteiger partial charge on any atom is -0.481 e. The summed E-state index contributed by atoms with van der Waals surface area (Å²) >= 11 is 0. The second-order valence-electron chi connectivity index (χ2n) is 5.34. The molecule has 0 unspecified atom stereocenters. The Hall–Kier alpha value is -1.79. The average Bonchev–Trinajstić information content (AvgIpc) is 2.47. The summed E-state index contributed by atoms with van der Waals surface area (Å²) in [4.78, 5) is 37.3. The van der Waals surface area contributed by atoms with Gasteiger partial charge in [0.1, 0.15) is 0 Å². The van der Waals surface area contributed by atoms with Gasteiger partial charge in [-0.1, -0.05) is 0 Å². The largest absolute Gasteiger partial charge is 0.481 e. The first-order valence-corrected chi connectivity index (χ1v) is 7.49. The highest BCUT2D eigenvalue weighted by molar-refractivity contribution is 5.78. The van der Waals surface area contributed by atoms with E-state index in [1.54, 1.807) is 7.05 Å². The molecule has 0 aromatic rings. The lowest BCUT2D eigenvalue weighted by Gasteiger charge is -2.27. The van der Waals surface area contributed by atoms with Gasteiger partial charge in [-0.25, -0.2) is 4.79 Å². The van der Waals surface area contributed by atoms with E-state index in [0.717, 1.165) is 25.9 Å².